The zero-order chi connectivity index (χ0) is 28.1. The van der Waals surface area contributed by atoms with Crippen LogP contribution < -0.4 is 23.8 Å². The van der Waals surface area contributed by atoms with E-state index >= 15 is 0 Å². The number of benzene rings is 2. The van der Waals surface area contributed by atoms with Crippen molar-refractivity contribution in [1.29, 1.82) is 0 Å². The van der Waals surface area contributed by atoms with Crippen LogP contribution in [0.3, 0.4) is 0 Å². The largest absolute Gasteiger partial charge is 0.497 e. The average molecular weight is 542 g/mol. The van der Waals surface area contributed by atoms with Gasteiger partial charge in [-0.3, -0.25) is 9.67 Å². The molecule has 0 aliphatic heterocycles. The summed E-state index contributed by atoms with van der Waals surface area (Å²) in [5.41, 5.74) is 5.11. The molecule has 0 aliphatic carbocycles. The summed E-state index contributed by atoms with van der Waals surface area (Å²) in [6, 6.07) is 13.5. The quantitative estimate of drug-likeness (QED) is 0.235. The Balaban J connectivity index is 1.50. The first-order valence-corrected chi connectivity index (χ1v) is 12.7. The minimum Gasteiger partial charge on any atom is -0.497 e. The van der Waals surface area contributed by atoms with E-state index in [-0.39, 0.29) is 0 Å². The normalized spacial score (nSPS) is 10.9. The van der Waals surface area contributed by atoms with Crippen molar-refractivity contribution >= 4 is 22.4 Å². The third-order valence-electron chi connectivity index (χ3n) is 6.41. The summed E-state index contributed by atoms with van der Waals surface area (Å²) in [6.45, 7) is 0.653. The van der Waals surface area contributed by atoms with Gasteiger partial charge >= 0.3 is 0 Å². The van der Waals surface area contributed by atoms with Gasteiger partial charge in [0.15, 0.2) is 0 Å². The highest BCUT2D eigenvalue weighted by Crippen LogP contribution is 2.34. The monoisotopic (exact) mass is 541 g/mol. The summed E-state index contributed by atoms with van der Waals surface area (Å²) in [5.74, 6) is 2.96. The molecule has 0 amide bonds. The van der Waals surface area contributed by atoms with Crippen LogP contribution in [0.4, 0.5) is 11.4 Å². The maximum absolute atomic E-state index is 5.56. The fourth-order valence-corrected chi connectivity index (χ4v) is 4.38. The molecule has 11 heteroatoms. The minimum atomic E-state index is 0.466. The maximum atomic E-state index is 5.56. The lowest BCUT2D eigenvalue weighted by Crippen LogP contribution is -2.19. The van der Waals surface area contributed by atoms with Crippen LogP contribution in [0.5, 0.6) is 23.3 Å². The molecule has 11 nitrogen and oxygen atoms in total. The van der Waals surface area contributed by atoms with Crippen LogP contribution in [0.25, 0.3) is 22.3 Å². The molecular formula is C29H31N7O4. The van der Waals surface area contributed by atoms with Crippen molar-refractivity contribution in [3.8, 4) is 34.5 Å². The molecule has 0 bridgehead atoms. The molecule has 2 aromatic carbocycles. The van der Waals surface area contributed by atoms with E-state index in [1.807, 2.05) is 49.6 Å². The summed E-state index contributed by atoms with van der Waals surface area (Å²) in [6.07, 6.45) is 6.83. The number of aryl methyl sites for hydroxylation is 2. The zero-order valence-corrected chi connectivity index (χ0v) is 23.2. The Bertz CT molecular complexity index is 1580. The van der Waals surface area contributed by atoms with E-state index in [1.54, 1.807) is 51.6 Å². The summed E-state index contributed by atoms with van der Waals surface area (Å²) in [4.78, 5) is 20.7. The van der Waals surface area contributed by atoms with E-state index in [1.165, 1.54) is 0 Å². The first-order valence-electron chi connectivity index (χ1n) is 12.7. The van der Waals surface area contributed by atoms with Crippen LogP contribution in [0.15, 0.2) is 61.1 Å². The number of methoxy groups -OCH3 is 4. The lowest BCUT2D eigenvalue weighted by Gasteiger charge is -2.26. The number of fused-ring (bicyclic) bond motifs is 1. The Morgan fingerprint density at radius 2 is 1.48 bits per heavy atom. The van der Waals surface area contributed by atoms with Gasteiger partial charge in [0.05, 0.1) is 63.6 Å². The molecule has 0 saturated carbocycles. The Hall–Kier alpha value is -4.93. The smallest absolute Gasteiger partial charge is 0.220 e. The molecule has 0 spiro atoms. The van der Waals surface area contributed by atoms with E-state index < -0.39 is 0 Å². The lowest BCUT2D eigenvalue weighted by molar-refractivity contribution is 0.368. The molecule has 0 saturated heterocycles. The van der Waals surface area contributed by atoms with E-state index in [4.69, 9.17) is 23.9 Å². The predicted molar refractivity (Wildman–Crippen MR) is 152 cm³/mol. The Morgan fingerprint density at radius 3 is 2.10 bits per heavy atom. The van der Waals surface area contributed by atoms with Gasteiger partial charge in [-0.25, -0.2) is 4.98 Å². The third-order valence-corrected chi connectivity index (χ3v) is 6.41. The van der Waals surface area contributed by atoms with Crippen LogP contribution in [0.1, 0.15) is 12.2 Å². The summed E-state index contributed by atoms with van der Waals surface area (Å²) in [7, 11) is 8.31. The average Bonchev–Trinajstić information content (AvgIpc) is 3.44. The van der Waals surface area contributed by atoms with Gasteiger partial charge in [0.1, 0.15) is 17.3 Å². The zero-order valence-electron chi connectivity index (χ0n) is 23.2. The molecule has 206 valence electrons. The van der Waals surface area contributed by atoms with E-state index in [2.05, 4.69) is 25.0 Å². The molecule has 5 aromatic rings. The van der Waals surface area contributed by atoms with Gasteiger partial charge in [-0.15, -0.1) is 0 Å². The van der Waals surface area contributed by atoms with Crippen molar-refractivity contribution < 1.29 is 18.9 Å². The lowest BCUT2D eigenvalue weighted by atomic mass is 10.1. The SMILES string of the molecule is COc1cc(OC)cc(N(CCCc2nc(OC)cc(OC)n2)c2ccc3ncc(-c4cnn(C)c4)nc3c2)c1. The van der Waals surface area contributed by atoms with Gasteiger partial charge in [-0.05, 0) is 24.6 Å². The summed E-state index contributed by atoms with van der Waals surface area (Å²) in [5, 5.41) is 4.26. The molecule has 0 unspecified atom stereocenters. The van der Waals surface area contributed by atoms with Crippen molar-refractivity contribution in [2.24, 2.45) is 7.05 Å². The van der Waals surface area contributed by atoms with Gasteiger partial charge in [0.25, 0.3) is 0 Å². The Labute approximate surface area is 232 Å². The van der Waals surface area contributed by atoms with E-state index in [9.17, 15) is 0 Å². The Morgan fingerprint density at radius 1 is 0.750 bits per heavy atom. The first-order chi connectivity index (χ1) is 19.5. The van der Waals surface area contributed by atoms with Crippen molar-refractivity contribution in [2.75, 3.05) is 39.9 Å². The van der Waals surface area contributed by atoms with Gasteiger partial charge in [0.2, 0.25) is 11.8 Å². The Kier molecular flexibility index (Phi) is 7.90. The van der Waals surface area contributed by atoms with Crippen LogP contribution >= 0.6 is 0 Å². The number of hydrogen-bond donors (Lipinski definition) is 0. The fraction of sp³-hybridized carbons (Fsp3) is 0.276. The van der Waals surface area contributed by atoms with Crippen LogP contribution in [0.2, 0.25) is 0 Å². The highest BCUT2D eigenvalue weighted by atomic mass is 16.5. The number of nitrogens with zero attached hydrogens (tertiary/aromatic N) is 7. The van der Waals surface area contributed by atoms with Crippen LogP contribution in [-0.2, 0) is 13.5 Å². The molecule has 0 atom stereocenters. The van der Waals surface area contributed by atoms with Crippen molar-refractivity contribution in [1.82, 2.24) is 29.7 Å². The molecule has 0 N–H and O–H groups in total. The van der Waals surface area contributed by atoms with Crippen LogP contribution in [0, 0.1) is 0 Å². The molecular weight excluding hydrogens is 510 g/mol. The summed E-state index contributed by atoms with van der Waals surface area (Å²) >= 11 is 0. The van der Waals surface area contributed by atoms with E-state index in [0.717, 1.165) is 40.1 Å². The highest BCUT2D eigenvalue weighted by molar-refractivity contribution is 5.82. The maximum Gasteiger partial charge on any atom is 0.220 e. The number of ether oxygens (including phenoxy) is 4. The van der Waals surface area contributed by atoms with Gasteiger partial charge in [-0.2, -0.15) is 15.1 Å². The fourth-order valence-electron chi connectivity index (χ4n) is 4.38. The van der Waals surface area contributed by atoms with Crippen molar-refractivity contribution in [3.63, 3.8) is 0 Å². The standard InChI is InChI=1S/C29H31N7O4/c1-35-18-19(16-31-35)26-17-30-24-9-8-20(13-25(24)32-26)36(21-11-22(37-2)14-23(12-21)38-3)10-6-7-27-33-28(39-4)15-29(34-27)40-5/h8-9,11-18H,6-7,10H2,1-5H3. The second-order valence-electron chi connectivity index (χ2n) is 9.03. The van der Waals surface area contributed by atoms with Crippen LogP contribution in [-0.4, -0.2) is 64.7 Å². The first kappa shape index (κ1) is 26.7. The number of hydrogen-bond acceptors (Lipinski definition) is 10. The topological polar surface area (TPSA) is 110 Å². The van der Waals surface area contributed by atoms with Crippen molar-refractivity contribution in [2.45, 2.75) is 12.8 Å². The molecule has 5 rings (SSSR count). The molecule has 3 heterocycles. The predicted octanol–water partition coefficient (Wildman–Crippen LogP) is 4.63. The molecule has 0 radical (unpaired) electrons. The summed E-state index contributed by atoms with van der Waals surface area (Å²) < 4.78 is 23.5. The van der Waals surface area contributed by atoms with E-state index in [0.29, 0.717) is 42.0 Å². The van der Waals surface area contributed by atoms with Gasteiger partial charge in [0, 0.05) is 61.3 Å². The highest BCUT2D eigenvalue weighted by Gasteiger charge is 2.15. The molecule has 40 heavy (non-hydrogen) atoms. The minimum absolute atomic E-state index is 0.466. The van der Waals surface area contributed by atoms with Crippen molar-refractivity contribution in [3.05, 3.63) is 66.9 Å². The van der Waals surface area contributed by atoms with Gasteiger partial charge < -0.3 is 23.8 Å². The van der Waals surface area contributed by atoms with Gasteiger partial charge in [-0.1, -0.05) is 0 Å². The number of aromatic nitrogens is 6. The second kappa shape index (κ2) is 11.9. The number of anilines is 2. The number of rotatable bonds is 11. The molecule has 0 fully saturated rings. The second-order valence-corrected chi connectivity index (χ2v) is 9.03. The molecule has 3 aromatic heterocycles. The molecule has 0 aliphatic rings. The third kappa shape index (κ3) is 5.88.